The predicted octanol–water partition coefficient (Wildman–Crippen LogP) is 5.06. The molecule has 2 aromatic carbocycles. The Hall–Kier alpha value is -3.02. The summed E-state index contributed by atoms with van der Waals surface area (Å²) >= 11 is 0. The summed E-state index contributed by atoms with van der Waals surface area (Å²) in [5, 5.41) is 3.02. The van der Waals surface area contributed by atoms with Crippen LogP contribution >= 0.6 is 0 Å². The quantitative estimate of drug-likeness (QED) is 0.446. The van der Waals surface area contributed by atoms with Gasteiger partial charge in [0.25, 0.3) is 0 Å². The number of ether oxygens (including phenoxy) is 2. The lowest BCUT2D eigenvalue weighted by Gasteiger charge is -2.30. The minimum Gasteiger partial charge on any atom is -0.490 e. The summed E-state index contributed by atoms with van der Waals surface area (Å²) in [6.07, 6.45) is 1.69. The Balaban J connectivity index is 2.19. The Morgan fingerprint density at radius 1 is 0.971 bits per heavy atom. The summed E-state index contributed by atoms with van der Waals surface area (Å²) in [6, 6.07) is 13.3. The maximum absolute atomic E-state index is 13.4. The third kappa shape index (κ3) is 7.79. The molecule has 0 aliphatic carbocycles. The smallest absolute Gasteiger partial charge is 0.242 e. The van der Waals surface area contributed by atoms with Gasteiger partial charge in [-0.2, -0.15) is 0 Å². The standard InChI is InChI=1S/C28H40N2O4/c1-7-21(5)29-28(32)22(6)30(19-24-13-11-10-12-20(24)4)27(31)17-15-23-14-16-25(33-8-2)26(18-23)34-9-3/h10-14,16,18,21-22H,7-9,15,17,19H2,1-6H3,(H,29,32)/t21-,22-/m1/s1. The van der Waals surface area contributed by atoms with E-state index in [0.717, 1.165) is 23.1 Å². The molecular weight excluding hydrogens is 428 g/mol. The molecule has 34 heavy (non-hydrogen) atoms. The monoisotopic (exact) mass is 468 g/mol. The maximum atomic E-state index is 13.4. The average Bonchev–Trinajstić information content (AvgIpc) is 2.83. The number of rotatable bonds is 13. The van der Waals surface area contributed by atoms with E-state index in [1.165, 1.54) is 0 Å². The molecular formula is C28H40N2O4. The van der Waals surface area contributed by atoms with Crippen LogP contribution in [0.3, 0.4) is 0 Å². The van der Waals surface area contributed by atoms with Crippen LogP contribution in [0.4, 0.5) is 0 Å². The van der Waals surface area contributed by atoms with Gasteiger partial charge in [0.1, 0.15) is 6.04 Å². The minimum atomic E-state index is -0.569. The van der Waals surface area contributed by atoms with Gasteiger partial charge in [0.2, 0.25) is 11.8 Å². The highest BCUT2D eigenvalue weighted by atomic mass is 16.5. The van der Waals surface area contributed by atoms with Crippen LogP contribution in [0.1, 0.15) is 64.2 Å². The Morgan fingerprint density at radius 2 is 1.65 bits per heavy atom. The summed E-state index contributed by atoms with van der Waals surface area (Å²) < 4.78 is 11.4. The number of hydrogen-bond donors (Lipinski definition) is 1. The first-order chi connectivity index (χ1) is 16.3. The van der Waals surface area contributed by atoms with Gasteiger partial charge in [-0.05, 0) is 76.3 Å². The van der Waals surface area contributed by atoms with Crippen molar-refractivity contribution >= 4 is 11.8 Å². The fourth-order valence-electron chi connectivity index (χ4n) is 3.67. The number of hydrogen-bond acceptors (Lipinski definition) is 4. The number of nitrogens with one attached hydrogen (secondary N) is 1. The fourth-order valence-corrected chi connectivity index (χ4v) is 3.67. The Kier molecular flexibility index (Phi) is 10.9. The van der Waals surface area contributed by atoms with E-state index in [4.69, 9.17) is 9.47 Å². The molecule has 0 heterocycles. The van der Waals surface area contributed by atoms with Crippen LogP contribution in [-0.4, -0.2) is 42.0 Å². The second-order valence-electron chi connectivity index (χ2n) is 8.59. The average molecular weight is 469 g/mol. The van der Waals surface area contributed by atoms with E-state index in [0.29, 0.717) is 44.1 Å². The summed E-state index contributed by atoms with van der Waals surface area (Å²) in [6.45, 7) is 13.2. The van der Waals surface area contributed by atoms with Gasteiger partial charge >= 0.3 is 0 Å². The molecule has 0 aliphatic rings. The second kappa shape index (κ2) is 13.6. The van der Waals surface area contributed by atoms with Gasteiger partial charge < -0.3 is 19.7 Å². The van der Waals surface area contributed by atoms with Crippen molar-refractivity contribution in [2.75, 3.05) is 13.2 Å². The Bertz CT molecular complexity index is 944. The topological polar surface area (TPSA) is 67.9 Å². The van der Waals surface area contributed by atoms with Gasteiger partial charge in [0.05, 0.1) is 13.2 Å². The highest BCUT2D eigenvalue weighted by Gasteiger charge is 2.27. The van der Waals surface area contributed by atoms with Gasteiger partial charge in [-0.3, -0.25) is 9.59 Å². The number of benzene rings is 2. The van der Waals surface area contributed by atoms with Gasteiger partial charge in [0.15, 0.2) is 11.5 Å². The van der Waals surface area contributed by atoms with Crippen molar-refractivity contribution in [1.29, 1.82) is 0 Å². The van der Waals surface area contributed by atoms with E-state index < -0.39 is 6.04 Å². The molecule has 2 rings (SSSR count). The molecule has 2 amide bonds. The van der Waals surface area contributed by atoms with Crippen molar-refractivity contribution in [2.24, 2.45) is 0 Å². The first-order valence-corrected chi connectivity index (χ1v) is 12.3. The van der Waals surface area contributed by atoms with E-state index in [1.54, 1.807) is 11.8 Å². The number of carbonyl (C=O) groups excluding carboxylic acids is 2. The molecule has 0 spiro atoms. The molecule has 1 N–H and O–H groups in total. The molecule has 0 radical (unpaired) electrons. The van der Waals surface area contributed by atoms with Crippen LogP contribution in [0.15, 0.2) is 42.5 Å². The van der Waals surface area contributed by atoms with Gasteiger partial charge in [-0.25, -0.2) is 0 Å². The maximum Gasteiger partial charge on any atom is 0.242 e. The zero-order valence-electron chi connectivity index (χ0n) is 21.5. The minimum absolute atomic E-state index is 0.0538. The first-order valence-electron chi connectivity index (χ1n) is 12.3. The van der Waals surface area contributed by atoms with Crippen molar-refractivity contribution in [3.05, 3.63) is 59.2 Å². The number of carbonyl (C=O) groups is 2. The molecule has 6 nitrogen and oxygen atoms in total. The lowest BCUT2D eigenvalue weighted by atomic mass is 10.0. The number of aryl methyl sites for hydroxylation is 2. The zero-order valence-corrected chi connectivity index (χ0v) is 21.5. The van der Waals surface area contributed by atoms with Crippen LogP contribution in [0.25, 0.3) is 0 Å². The molecule has 186 valence electrons. The first kappa shape index (κ1) is 27.2. The number of amides is 2. The predicted molar refractivity (Wildman–Crippen MR) is 136 cm³/mol. The molecule has 0 aliphatic heterocycles. The summed E-state index contributed by atoms with van der Waals surface area (Å²) in [5.74, 6) is 1.21. The highest BCUT2D eigenvalue weighted by Crippen LogP contribution is 2.29. The highest BCUT2D eigenvalue weighted by molar-refractivity contribution is 5.87. The van der Waals surface area contributed by atoms with Crippen molar-refractivity contribution in [3.8, 4) is 11.5 Å². The lowest BCUT2D eigenvalue weighted by molar-refractivity contribution is -0.140. The van der Waals surface area contributed by atoms with Crippen molar-refractivity contribution in [3.63, 3.8) is 0 Å². The lowest BCUT2D eigenvalue weighted by Crippen LogP contribution is -2.49. The Labute approximate surface area is 204 Å². The molecule has 0 bridgehead atoms. The van der Waals surface area contributed by atoms with Gasteiger partial charge in [0, 0.05) is 19.0 Å². The summed E-state index contributed by atoms with van der Waals surface area (Å²) in [7, 11) is 0. The largest absolute Gasteiger partial charge is 0.490 e. The Morgan fingerprint density at radius 3 is 2.29 bits per heavy atom. The van der Waals surface area contributed by atoms with Crippen LogP contribution in [0.2, 0.25) is 0 Å². The third-order valence-electron chi connectivity index (χ3n) is 6.01. The molecule has 6 heteroatoms. The van der Waals surface area contributed by atoms with Crippen molar-refractivity contribution < 1.29 is 19.1 Å². The van der Waals surface area contributed by atoms with Crippen molar-refractivity contribution in [1.82, 2.24) is 10.2 Å². The van der Waals surface area contributed by atoms with Gasteiger partial charge in [-0.1, -0.05) is 37.3 Å². The normalized spacial score (nSPS) is 12.5. The molecule has 2 atom stereocenters. The number of nitrogens with zero attached hydrogens (tertiary/aromatic N) is 1. The molecule has 2 aromatic rings. The molecule has 0 saturated heterocycles. The molecule has 0 aromatic heterocycles. The fraction of sp³-hybridized carbons (Fsp3) is 0.500. The molecule has 0 saturated carbocycles. The second-order valence-corrected chi connectivity index (χ2v) is 8.59. The summed E-state index contributed by atoms with van der Waals surface area (Å²) in [4.78, 5) is 28.0. The van der Waals surface area contributed by atoms with E-state index in [9.17, 15) is 9.59 Å². The van der Waals surface area contributed by atoms with E-state index in [1.807, 2.05) is 77.1 Å². The SMILES string of the molecule is CCOc1ccc(CCC(=O)N(Cc2ccccc2C)[C@H](C)C(=O)N[C@H](C)CC)cc1OCC. The summed E-state index contributed by atoms with van der Waals surface area (Å²) in [5.41, 5.74) is 3.13. The molecule has 0 unspecified atom stereocenters. The third-order valence-corrected chi connectivity index (χ3v) is 6.01. The van der Waals surface area contributed by atoms with Crippen LogP contribution < -0.4 is 14.8 Å². The molecule has 0 fully saturated rings. The van der Waals surface area contributed by atoms with Crippen LogP contribution in [0.5, 0.6) is 11.5 Å². The van der Waals surface area contributed by atoms with Crippen LogP contribution in [0, 0.1) is 6.92 Å². The van der Waals surface area contributed by atoms with Crippen molar-refractivity contribution in [2.45, 2.75) is 79.4 Å². The van der Waals surface area contributed by atoms with Gasteiger partial charge in [-0.15, -0.1) is 0 Å². The van der Waals surface area contributed by atoms with E-state index in [-0.39, 0.29) is 17.9 Å². The van der Waals surface area contributed by atoms with Crippen LogP contribution in [-0.2, 0) is 22.6 Å². The van der Waals surface area contributed by atoms with E-state index >= 15 is 0 Å². The zero-order chi connectivity index (χ0) is 25.1. The van der Waals surface area contributed by atoms with E-state index in [2.05, 4.69) is 5.32 Å².